The molecule has 2 spiro atoms. The number of aliphatic hydroxyl groups is 1. The van der Waals surface area contributed by atoms with E-state index in [-0.39, 0.29) is 59.3 Å². The summed E-state index contributed by atoms with van der Waals surface area (Å²) in [5.74, 6) is -0.911. The fraction of sp³-hybridized carbons (Fsp3) is 0.756. The summed E-state index contributed by atoms with van der Waals surface area (Å²) in [7, 11) is 24.0. The maximum absolute atomic E-state index is 13.7. The molecule has 0 aromatic heterocycles. The maximum atomic E-state index is 13.7. The molecule has 8 rings (SSSR count). The van der Waals surface area contributed by atoms with Crippen molar-refractivity contribution in [2.24, 2.45) is 56.2 Å². The third-order valence-corrected chi connectivity index (χ3v) is 43.8. The van der Waals surface area contributed by atoms with Crippen LogP contribution in [0.25, 0.3) is 0 Å². The Labute approximate surface area is 461 Å². The van der Waals surface area contributed by atoms with E-state index in [9.17, 15) is 19.5 Å². The van der Waals surface area contributed by atoms with Gasteiger partial charge in [0.05, 0.1) is 37.9 Å². The molecule has 2 heterocycles. The first-order valence-electron chi connectivity index (χ1n) is 23.3. The van der Waals surface area contributed by atoms with Crippen molar-refractivity contribution in [3.8, 4) is 0 Å². The second-order valence-electron chi connectivity index (χ2n) is 19.8. The van der Waals surface area contributed by atoms with Gasteiger partial charge in [0.2, 0.25) is 0 Å². The Morgan fingerprint density at radius 1 is 0.638 bits per heavy atom. The fourth-order valence-corrected chi connectivity index (χ4v) is 43.5. The molecule has 0 aromatic carbocycles. The number of rotatable bonds is 2. The molecule has 12 atom stereocenters. The third kappa shape index (κ3) is 11.6. The first-order valence-corrected chi connectivity index (χ1v) is 42.1. The minimum Gasteiger partial charge on any atom is -0.388 e. The maximum Gasteiger partial charge on any atom is 0.173 e. The summed E-state index contributed by atoms with van der Waals surface area (Å²) in [6.45, 7) is 31.5. The second-order valence-corrected chi connectivity index (χ2v) is 42.8. The summed E-state index contributed by atoms with van der Waals surface area (Å²) >= 11 is 9.45. The van der Waals surface area contributed by atoms with E-state index >= 15 is 0 Å². The van der Waals surface area contributed by atoms with E-state index in [0.717, 1.165) is 56.9 Å². The molecule has 3 unspecified atom stereocenters. The number of hydrogen-bond acceptors (Lipinski definition) is 10. The van der Waals surface area contributed by atoms with E-state index in [0.29, 0.717) is 38.6 Å². The summed E-state index contributed by atoms with van der Waals surface area (Å²) < 4.78 is 30.9. The van der Waals surface area contributed by atoms with E-state index in [4.69, 9.17) is 42.7 Å². The molecule has 24 heteroatoms. The number of ketones is 3. The smallest absolute Gasteiger partial charge is 0.173 e. The van der Waals surface area contributed by atoms with Crippen molar-refractivity contribution in [2.45, 2.75) is 123 Å². The molecule has 69 heavy (non-hydrogen) atoms. The largest absolute Gasteiger partial charge is 0.388 e. The molecule has 8 fully saturated rings. The summed E-state index contributed by atoms with van der Waals surface area (Å²) in [4.78, 5) is 40.8. The van der Waals surface area contributed by atoms with Gasteiger partial charge in [-0.3, -0.25) is 14.4 Å². The number of carbonyl (C=O) groups is 3. The van der Waals surface area contributed by atoms with Gasteiger partial charge in [-0.1, -0.05) is 66.6 Å². The van der Waals surface area contributed by atoms with Gasteiger partial charge in [-0.15, -0.1) is 22.4 Å². The van der Waals surface area contributed by atoms with Crippen LogP contribution in [0, 0.1) is 56.2 Å². The molecule has 2 saturated heterocycles. The molecule has 1 N–H and O–H groups in total. The Morgan fingerprint density at radius 3 is 1.42 bits per heavy atom. The number of Topliss-reactive ketones (excluding diaryl/α,β-unsaturated/α-hetero) is 3. The van der Waals surface area contributed by atoms with Gasteiger partial charge in [0.15, 0.2) is 17.4 Å². The van der Waals surface area contributed by atoms with E-state index in [2.05, 4.69) is 63.3 Å². The van der Waals surface area contributed by atoms with Crippen LogP contribution >= 0.6 is 9.24 Å². The number of carbonyl (C=O) groups excluding carboxylic acids is 3. The number of aliphatic hydroxyl groups excluding tert-OH is 1. The molecular weight excluding hydrogens is 1180 g/mol. The van der Waals surface area contributed by atoms with E-state index in [1.165, 1.54) is 17.8 Å². The van der Waals surface area contributed by atoms with Gasteiger partial charge in [-0.2, -0.15) is 0 Å². The Balaban J connectivity index is 0.000000198. The minimum absolute atomic E-state index is 0.0301. The summed E-state index contributed by atoms with van der Waals surface area (Å²) in [5, 5.41) is 11.2. The minimum atomic E-state index is -0.877. The van der Waals surface area contributed by atoms with Crippen molar-refractivity contribution in [2.75, 3.05) is 33.1 Å². The molecular formula is C45H67O8PS15. The van der Waals surface area contributed by atoms with Gasteiger partial charge in [0.25, 0.3) is 0 Å². The van der Waals surface area contributed by atoms with Crippen LogP contribution in [0.2, 0.25) is 0 Å². The van der Waals surface area contributed by atoms with Crippen LogP contribution in [-0.4, -0.2) is 73.2 Å². The highest BCUT2D eigenvalue weighted by atomic mass is 33.5. The standard InChI is InChI=1S/C22H32O4.C22H30O4.CH5P.S15/c2*1-6-19(4)13-16(23)20(5)14(2)7-8-21(15(3)17(19)24)9-10-22(18(20)21)25-11-12-26-22;1-2;1-3-5-7-9-11-13-15-14-12-10-8-6-4-2/h6,14,17-18,24H,1,3,7-13H2,2,4-5H3;6,14,18H,1,3,7-13H2,2,4-5H3;2H2,1H3;/t14-,17+,18?,19+,20+,21+;14-,18?,19+,20+,21+;;/m11../s1/i;;1D;. The zero-order valence-corrected chi connectivity index (χ0v) is 53.4. The van der Waals surface area contributed by atoms with Gasteiger partial charge in [-0.05, 0) is 68.4 Å². The lowest BCUT2D eigenvalue weighted by Gasteiger charge is -2.59. The molecule has 0 amide bonds. The number of allylic oxidation sites excluding steroid dienone is 2. The SMILES string of the molecule is C=C[C@@]1(C)CC(=O)[C@@]2(C)C3C4(CC[C@@]3(CC[C@H]2C)C(=C)C1=O)OCCO4.C=C[C@@]1(C)CC(=O)[C@@]2(C)C3C4(CC[C@@]3(CC[C@H]2C)C(=C)[C@@H]1O)OCCO4.S=S=S=S=S=S=S=S=S=S=S=S=S=S=S.[2H]CP. The Hall–Kier alpha value is 1.50. The van der Waals surface area contributed by atoms with Crippen molar-refractivity contribution >= 4 is 164 Å². The van der Waals surface area contributed by atoms with Gasteiger partial charge in [0, 0.05) is 204 Å². The Morgan fingerprint density at radius 2 is 1.01 bits per heavy atom. The predicted octanol–water partition coefficient (Wildman–Crippen LogP) is 7.95. The molecule has 8 aliphatic rings. The average molecular weight is 1250 g/mol. The zero-order valence-electron chi connectivity index (χ0n) is 41.0. The molecule has 6 aliphatic carbocycles. The monoisotopic (exact) mass is 1250 g/mol. The van der Waals surface area contributed by atoms with E-state index in [1.807, 2.05) is 13.8 Å². The first-order chi connectivity index (χ1) is 33.2. The summed E-state index contributed by atoms with van der Waals surface area (Å²) in [6.07, 6.45) is 9.90. The third-order valence-electron chi connectivity index (χ3n) is 17.2. The first kappa shape index (κ1) is 59.7. The van der Waals surface area contributed by atoms with Crippen molar-refractivity contribution < 1.29 is 39.8 Å². The topological polar surface area (TPSA) is 108 Å². The summed E-state index contributed by atoms with van der Waals surface area (Å²) in [6, 6.07) is 0. The van der Waals surface area contributed by atoms with Crippen molar-refractivity contribution in [1.82, 2.24) is 0 Å². The highest BCUT2D eigenvalue weighted by Crippen LogP contribution is 2.73. The van der Waals surface area contributed by atoms with Gasteiger partial charge in [0.1, 0.15) is 11.6 Å². The molecule has 8 nitrogen and oxygen atoms in total. The van der Waals surface area contributed by atoms with E-state index < -0.39 is 44.8 Å². The molecule has 0 aromatic rings. The van der Waals surface area contributed by atoms with Crippen LogP contribution in [0.1, 0.15) is 107 Å². The zero-order chi connectivity index (χ0) is 51.8. The quantitative estimate of drug-likeness (QED) is 0.166. The average Bonchev–Trinajstić information content (AvgIpc) is 4.17. The van der Waals surface area contributed by atoms with Crippen LogP contribution in [0.3, 0.4) is 0 Å². The second kappa shape index (κ2) is 25.8. The van der Waals surface area contributed by atoms with Gasteiger partial charge in [-0.25, -0.2) is 0 Å². The van der Waals surface area contributed by atoms with Crippen molar-refractivity contribution in [3.05, 3.63) is 49.6 Å². The van der Waals surface area contributed by atoms with Crippen LogP contribution in [0.15, 0.2) is 49.6 Å². The van der Waals surface area contributed by atoms with Gasteiger partial charge >= 0.3 is 0 Å². The van der Waals surface area contributed by atoms with Crippen LogP contribution in [0.4, 0.5) is 0 Å². The molecule has 6 saturated carbocycles. The number of ether oxygens (including phenoxy) is 4. The van der Waals surface area contributed by atoms with Crippen LogP contribution in [-0.2, 0) is 171 Å². The van der Waals surface area contributed by atoms with Crippen LogP contribution < -0.4 is 0 Å². The lowest BCUT2D eigenvalue weighted by Crippen LogP contribution is -2.62. The molecule has 4 bridgehead atoms. The Bertz CT molecular complexity index is 2660. The lowest BCUT2D eigenvalue weighted by atomic mass is 9.45. The molecule has 2 aliphatic heterocycles. The fourth-order valence-electron chi connectivity index (χ4n) is 13.3. The Kier molecular flexibility index (Phi) is 22.3. The van der Waals surface area contributed by atoms with Crippen molar-refractivity contribution in [1.29, 1.82) is 0 Å². The number of hydrogen-bond donors (Lipinski definition) is 1. The van der Waals surface area contributed by atoms with Crippen LogP contribution in [0.5, 0.6) is 0 Å². The van der Waals surface area contributed by atoms with Gasteiger partial charge < -0.3 is 24.1 Å². The highest BCUT2D eigenvalue weighted by molar-refractivity contribution is 8.76. The normalized spacial score (nSPS) is 38.8. The molecule has 0 radical (unpaired) electrons. The van der Waals surface area contributed by atoms with Crippen molar-refractivity contribution in [3.63, 3.8) is 0 Å². The predicted molar refractivity (Wildman–Crippen MR) is 324 cm³/mol. The lowest BCUT2D eigenvalue weighted by molar-refractivity contribution is -0.238. The molecule has 390 valence electrons. The van der Waals surface area contributed by atoms with E-state index in [1.54, 1.807) is 110 Å². The highest BCUT2D eigenvalue weighted by Gasteiger charge is 2.74. The summed E-state index contributed by atoms with van der Waals surface area (Å²) in [5.41, 5.74) is -1.92.